The van der Waals surface area contributed by atoms with Crippen LogP contribution in [-0.2, 0) is 16.3 Å². The molecule has 0 aliphatic heterocycles. The Bertz CT molecular complexity index is 543. The summed E-state index contributed by atoms with van der Waals surface area (Å²) in [5.41, 5.74) is 5.17. The molecule has 0 aliphatic carbocycles. The van der Waals surface area contributed by atoms with Crippen LogP contribution in [0.3, 0.4) is 0 Å². The monoisotopic (exact) mass is 287 g/mol. The summed E-state index contributed by atoms with van der Waals surface area (Å²) in [5.74, 6) is 6.16. The second-order valence-corrected chi connectivity index (χ2v) is 6.89. The zero-order chi connectivity index (χ0) is 14.6. The first-order valence-electron chi connectivity index (χ1n) is 5.91. The first-order chi connectivity index (χ1) is 8.78. The number of methoxy groups -OCH3 is 1. The lowest BCUT2D eigenvalue weighted by molar-refractivity contribution is 0.406. The molecule has 6 nitrogen and oxygen atoms in total. The summed E-state index contributed by atoms with van der Waals surface area (Å²) in [4.78, 5) is 4.33. The van der Waals surface area contributed by atoms with Crippen LogP contribution >= 0.6 is 0 Å². The van der Waals surface area contributed by atoms with Crippen molar-refractivity contribution in [3.8, 4) is 5.75 Å². The van der Waals surface area contributed by atoms with Gasteiger partial charge in [-0.25, -0.2) is 8.42 Å². The van der Waals surface area contributed by atoms with Crippen LogP contribution in [0, 0.1) is 13.8 Å². The van der Waals surface area contributed by atoms with Gasteiger partial charge in [-0.1, -0.05) is 0 Å². The molecule has 0 fully saturated rings. The Labute approximate surface area is 114 Å². The van der Waals surface area contributed by atoms with Gasteiger partial charge in [-0.3, -0.25) is 16.3 Å². The minimum absolute atomic E-state index is 0.0270. The highest BCUT2D eigenvalue weighted by Crippen LogP contribution is 2.24. The maximum atomic E-state index is 11.3. The van der Waals surface area contributed by atoms with E-state index in [0.717, 1.165) is 22.6 Å². The number of sulfone groups is 1. The zero-order valence-electron chi connectivity index (χ0n) is 11.7. The molecule has 0 aromatic carbocycles. The van der Waals surface area contributed by atoms with E-state index in [-0.39, 0.29) is 11.8 Å². The molecule has 108 valence electrons. The second kappa shape index (κ2) is 6.31. The Morgan fingerprint density at radius 1 is 1.47 bits per heavy atom. The van der Waals surface area contributed by atoms with Gasteiger partial charge in [-0.2, -0.15) is 0 Å². The highest BCUT2D eigenvalue weighted by Gasteiger charge is 2.18. The van der Waals surface area contributed by atoms with Gasteiger partial charge in [0, 0.05) is 41.7 Å². The summed E-state index contributed by atoms with van der Waals surface area (Å²) >= 11 is 0. The number of hydrogen-bond donors (Lipinski definition) is 2. The summed E-state index contributed by atoms with van der Waals surface area (Å²) in [5, 5.41) is 0. The van der Waals surface area contributed by atoms with Crippen LogP contribution in [0.2, 0.25) is 0 Å². The van der Waals surface area contributed by atoms with E-state index in [1.165, 1.54) is 6.26 Å². The molecule has 19 heavy (non-hydrogen) atoms. The van der Waals surface area contributed by atoms with Crippen molar-refractivity contribution < 1.29 is 13.2 Å². The third kappa shape index (κ3) is 4.45. The van der Waals surface area contributed by atoms with E-state index in [1.54, 1.807) is 13.3 Å². The third-order valence-corrected chi connectivity index (χ3v) is 3.94. The van der Waals surface area contributed by atoms with E-state index < -0.39 is 9.84 Å². The summed E-state index contributed by atoms with van der Waals surface area (Å²) in [6.07, 6.45) is 3.34. The number of aromatic nitrogens is 1. The molecule has 0 saturated heterocycles. The van der Waals surface area contributed by atoms with Gasteiger partial charge in [0.05, 0.1) is 12.9 Å². The van der Waals surface area contributed by atoms with Crippen molar-refractivity contribution in [2.24, 2.45) is 5.84 Å². The Balaban J connectivity index is 2.98. The number of nitrogens with two attached hydrogens (primary N) is 1. The first kappa shape index (κ1) is 15.9. The molecule has 0 spiro atoms. The predicted molar refractivity (Wildman–Crippen MR) is 74.8 cm³/mol. The molecule has 1 aromatic heterocycles. The van der Waals surface area contributed by atoms with Gasteiger partial charge in [0.1, 0.15) is 15.6 Å². The summed E-state index contributed by atoms with van der Waals surface area (Å²) in [6, 6.07) is -0.367. The van der Waals surface area contributed by atoms with Crippen molar-refractivity contribution in [1.29, 1.82) is 0 Å². The Kier molecular flexibility index (Phi) is 5.28. The number of hydrazine groups is 1. The molecule has 1 aromatic rings. The smallest absolute Gasteiger partial charge is 0.149 e. The Morgan fingerprint density at radius 2 is 2.11 bits per heavy atom. The average Bonchev–Trinajstić information content (AvgIpc) is 2.30. The van der Waals surface area contributed by atoms with Crippen molar-refractivity contribution in [2.45, 2.75) is 26.3 Å². The van der Waals surface area contributed by atoms with Crippen LogP contribution in [-0.4, -0.2) is 38.6 Å². The molecule has 0 aliphatic rings. The SMILES string of the molecule is COc1c(C)cnc(CC(CS(C)(=O)=O)NN)c1C. The topological polar surface area (TPSA) is 94.3 Å². The highest BCUT2D eigenvalue weighted by atomic mass is 32.2. The van der Waals surface area contributed by atoms with Gasteiger partial charge in [-0.05, 0) is 13.8 Å². The maximum Gasteiger partial charge on any atom is 0.149 e. The van der Waals surface area contributed by atoms with Crippen molar-refractivity contribution in [2.75, 3.05) is 19.1 Å². The predicted octanol–water partition coefficient (Wildman–Crippen LogP) is 0.126. The van der Waals surface area contributed by atoms with E-state index in [0.29, 0.717) is 6.42 Å². The number of nitrogens with zero attached hydrogens (tertiary/aromatic N) is 1. The quantitative estimate of drug-likeness (QED) is 0.570. The molecule has 0 saturated carbocycles. The molecular formula is C12H21N3O3S. The fraction of sp³-hybridized carbons (Fsp3) is 0.583. The molecule has 3 N–H and O–H groups in total. The lowest BCUT2D eigenvalue weighted by Gasteiger charge is -2.17. The average molecular weight is 287 g/mol. The van der Waals surface area contributed by atoms with Crippen molar-refractivity contribution in [3.05, 3.63) is 23.0 Å². The highest BCUT2D eigenvalue weighted by molar-refractivity contribution is 7.90. The van der Waals surface area contributed by atoms with Gasteiger partial charge in [0.2, 0.25) is 0 Å². The molecule has 1 atom stereocenters. The lowest BCUT2D eigenvalue weighted by Crippen LogP contribution is -2.42. The molecule has 0 amide bonds. The van der Waals surface area contributed by atoms with Crippen molar-refractivity contribution in [3.63, 3.8) is 0 Å². The van der Waals surface area contributed by atoms with Crippen LogP contribution in [0.1, 0.15) is 16.8 Å². The molecule has 1 unspecified atom stereocenters. The molecule has 0 bridgehead atoms. The fourth-order valence-corrected chi connectivity index (χ4v) is 2.99. The number of hydrogen-bond acceptors (Lipinski definition) is 6. The molecule has 1 rings (SSSR count). The minimum Gasteiger partial charge on any atom is -0.496 e. The largest absolute Gasteiger partial charge is 0.496 e. The molecular weight excluding hydrogens is 266 g/mol. The van der Waals surface area contributed by atoms with Crippen molar-refractivity contribution >= 4 is 9.84 Å². The summed E-state index contributed by atoms with van der Waals surface area (Å²) < 4.78 is 27.9. The Morgan fingerprint density at radius 3 is 2.58 bits per heavy atom. The van der Waals surface area contributed by atoms with Crippen LogP contribution in [0.4, 0.5) is 0 Å². The van der Waals surface area contributed by atoms with E-state index in [4.69, 9.17) is 10.6 Å². The van der Waals surface area contributed by atoms with E-state index in [1.807, 2.05) is 13.8 Å². The summed E-state index contributed by atoms with van der Waals surface area (Å²) in [7, 11) is -1.49. The summed E-state index contributed by atoms with van der Waals surface area (Å²) in [6.45, 7) is 3.82. The van der Waals surface area contributed by atoms with E-state index in [9.17, 15) is 8.42 Å². The van der Waals surface area contributed by atoms with Crippen LogP contribution < -0.4 is 16.0 Å². The number of rotatable bonds is 6. The maximum absolute atomic E-state index is 11.3. The Hall–Kier alpha value is -1.18. The fourth-order valence-electron chi connectivity index (χ4n) is 2.04. The molecule has 7 heteroatoms. The van der Waals surface area contributed by atoms with Gasteiger partial charge in [0.15, 0.2) is 0 Å². The van der Waals surface area contributed by atoms with Gasteiger partial charge >= 0.3 is 0 Å². The van der Waals surface area contributed by atoms with Crippen LogP contribution in [0.25, 0.3) is 0 Å². The van der Waals surface area contributed by atoms with Gasteiger partial charge in [0.25, 0.3) is 0 Å². The van der Waals surface area contributed by atoms with Gasteiger partial charge < -0.3 is 4.74 Å². The first-order valence-corrected chi connectivity index (χ1v) is 7.97. The number of nitrogens with one attached hydrogen (secondary N) is 1. The van der Waals surface area contributed by atoms with E-state index in [2.05, 4.69) is 10.4 Å². The van der Waals surface area contributed by atoms with Crippen molar-refractivity contribution in [1.82, 2.24) is 10.4 Å². The normalized spacial score (nSPS) is 13.3. The standard InChI is InChI=1S/C12H21N3O3S/c1-8-6-14-11(9(2)12(8)18-3)5-10(15-13)7-19(4,16)17/h6,10,15H,5,7,13H2,1-4H3. The van der Waals surface area contributed by atoms with Crippen LogP contribution in [0.5, 0.6) is 5.75 Å². The number of ether oxygens (including phenoxy) is 1. The minimum atomic E-state index is -3.09. The van der Waals surface area contributed by atoms with Gasteiger partial charge in [-0.15, -0.1) is 0 Å². The zero-order valence-corrected chi connectivity index (χ0v) is 12.5. The number of pyridine rings is 1. The van der Waals surface area contributed by atoms with Crippen LogP contribution in [0.15, 0.2) is 6.20 Å². The molecule has 1 heterocycles. The third-order valence-electron chi connectivity index (χ3n) is 2.93. The molecule has 0 radical (unpaired) electrons. The van der Waals surface area contributed by atoms with E-state index >= 15 is 0 Å². The number of aryl methyl sites for hydroxylation is 1. The lowest BCUT2D eigenvalue weighted by atomic mass is 10.1. The second-order valence-electron chi connectivity index (χ2n) is 4.71.